The number of fused-ring (bicyclic) bond motifs is 1. The molecule has 0 spiro atoms. The maximum Gasteiger partial charge on any atom is 0.410 e. The molecule has 0 aliphatic carbocycles. The molecular weight excluding hydrogens is 442 g/mol. The van der Waals surface area contributed by atoms with Gasteiger partial charge in [0, 0.05) is 79.9 Å². The highest BCUT2D eigenvalue weighted by Crippen LogP contribution is 2.29. The first kappa shape index (κ1) is 23.6. The third kappa shape index (κ3) is 5.60. The molecule has 8 heteroatoms. The number of pyridine rings is 1. The van der Waals surface area contributed by atoms with Crippen molar-refractivity contribution in [1.29, 1.82) is 0 Å². The van der Waals surface area contributed by atoms with Crippen molar-refractivity contribution in [2.45, 2.75) is 32.9 Å². The SMILES string of the molecule is CC(C)(C)OC(=O)N1CCN(c2ccc(-c3nccc4[nH]c(CN5CCOCC5)cc34)cc2)CC1. The molecule has 8 nitrogen and oxygen atoms in total. The average molecular weight is 478 g/mol. The second kappa shape index (κ2) is 9.87. The van der Waals surface area contributed by atoms with E-state index in [-0.39, 0.29) is 6.09 Å². The minimum Gasteiger partial charge on any atom is -0.444 e. The second-order valence-corrected chi connectivity index (χ2v) is 10.3. The summed E-state index contributed by atoms with van der Waals surface area (Å²) in [5, 5.41) is 1.15. The summed E-state index contributed by atoms with van der Waals surface area (Å²) in [4.78, 5) is 27.2. The summed E-state index contributed by atoms with van der Waals surface area (Å²) in [6.45, 7) is 13.0. The van der Waals surface area contributed by atoms with Crippen molar-refractivity contribution < 1.29 is 14.3 Å². The molecule has 5 rings (SSSR count). The molecule has 0 atom stereocenters. The molecule has 4 heterocycles. The molecule has 2 aromatic heterocycles. The molecule has 2 fully saturated rings. The number of anilines is 1. The maximum absolute atomic E-state index is 12.3. The number of nitrogens with one attached hydrogen (secondary N) is 1. The van der Waals surface area contributed by atoms with Crippen molar-refractivity contribution in [3.63, 3.8) is 0 Å². The van der Waals surface area contributed by atoms with Crippen LogP contribution in [0.4, 0.5) is 10.5 Å². The number of hydrogen-bond acceptors (Lipinski definition) is 6. The second-order valence-electron chi connectivity index (χ2n) is 10.3. The van der Waals surface area contributed by atoms with E-state index in [4.69, 9.17) is 14.5 Å². The summed E-state index contributed by atoms with van der Waals surface area (Å²) in [6, 6.07) is 12.9. The van der Waals surface area contributed by atoms with E-state index in [0.717, 1.165) is 73.8 Å². The molecule has 1 amide bonds. The summed E-state index contributed by atoms with van der Waals surface area (Å²) in [6.07, 6.45) is 1.64. The molecule has 186 valence electrons. The van der Waals surface area contributed by atoms with E-state index >= 15 is 0 Å². The number of benzene rings is 1. The van der Waals surface area contributed by atoms with Crippen molar-refractivity contribution in [1.82, 2.24) is 19.8 Å². The van der Waals surface area contributed by atoms with Gasteiger partial charge in [-0.2, -0.15) is 0 Å². The number of aromatic amines is 1. The number of hydrogen-bond donors (Lipinski definition) is 1. The molecule has 2 aliphatic heterocycles. The zero-order valence-electron chi connectivity index (χ0n) is 20.9. The molecular formula is C27H35N5O3. The van der Waals surface area contributed by atoms with Crippen LogP contribution in [0.2, 0.25) is 0 Å². The normalized spacial score (nSPS) is 17.7. The Balaban J connectivity index is 1.26. The van der Waals surface area contributed by atoms with Gasteiger partial charge in [-0.3, -0.25) is 9.88 Å². The molecule has 2 saturated heterocycles. The first-order valence-corrected chi connectivity index (χ1v) is 12.5. The lowest BCUT2D eigenvalue weighted by Gasteiger charge is -2.36. The van der Waals surface area contributed by atoms with Crippen LogP contribution in [0.25, 0.3) is 22.2 Å². The molecule has 35 heavy (non-hydrogen) atoms. The minimum atomic E-state index is -0.469. The Hall–Kier alpha value is -3.10. The molecule has 0 unspecified atom stereocenters. The Morgan fingerprint density at radius 3 is 2.43 bits per heavy atom. The average Bonchev–Trinajstić information content (AvgIpc) is 3.26. The highest BCUT2D eigenvalue weighted by molar-refractivity contribution is 5.93. The number of ether oxygens (including phenoxy) is 2. The quantitative estimate of drug-likeness (QED) is 0.609. The zero-order valence-corrected chi connectivity index (χ0v) is 20.9. The van der Waals surface area contributed by atoms with E-state index in [0.29, 0.717) is 13.1 Å². The number of carbonyl (C=O) groups is 1. The van der Waals surface area contributed by atoms with Crippen LogP contribution in [0.1, 0.15) is 26.5 Å². The number of piperazine rings is 1. The number of carbonyl (C=O) groups excluding carboxylic acids is 1. The lowest BCUT2D eigenvalue weighted by molar-refractivity contribution is 0.0240. The van der Waals surface area contributed by atoms with Crippen molar-refractivity contribution in [3.8, 4) is 11.3 Å². The minimum absolute atomic E-state index is 0.230. The summed E-state index contributed by atoms with van der Waals surface area (Å²) < 4.78 is 11.0. The van der Waals surface area contributed by atoms with Crippen LogP contribution in [0.5, 0.6) is 0 Å². The van der Waals surface area contributed by atoms with Crippen molar-refractivity contribution in [3.05, 3.63) is 48.3 Å². The molecule has 0 saturated carbocycles. The van der Waals surface area contributed by atoms with Crippen LogP contribution in [-0.2, 0) is 16.0 Å². The first-order chi connectivity index (χ1) is 16.9. The van der Waals surface area contributed by atoms with Crippen LogP contribution in [0.3, 0.4) is 0 Å². The highest BCUT2D eigenvalue weighted by Gasteiger charge is 2.26. The van der Waals surface area contributed by atoms with Crippen LogP contribution >= 0.6 is 0 Å². The van der Waals surface area contributed by atoms with Crippen molar-refractivity contribution in [2.24, 2.45) is 0 Å². The monoisotopic (exact) mass is 477 g/mol. The Morgan fingerprint density at radius 1 is 1.03 bits per heavy atom. The number of morpholine rings is 1. The van der Waals surface area contributed by atoms with E-state index in [9.17, 15) is 4.79 Å². The van der Waals surface area contributed by atoms with Crippen LogP contribution in [-0.4, -0.2) is 83.9 Å². The van der Waals surface area contributed by atoms with E-state index in [1.54, 1.807) is 4.90 Å². The number of amides is 1. The molecule has 0 radical (unpaired) electrons. The maximum atomic E-state index is 12.3. The number of aromatic nitrogens is 2. The molecule has 3 aromatic rings. The first-order valence-electron chi connectivity index (χ1n) is 12.5. The zero-order chi connectivity index (χ0) is 24.4. The Bertz CT molecular complexity index is 1150. The van der Waals surface area contributed by atoms with Gasteiger partial charge in [0.15, 0.2) is 0 Å². The third-order valence-electron chi connectivity index (χ3n) is 6.54. The number of nitrogens with zero attached hydrogens (tertiary/aromatic N) is 4. The molecule has 0 bridgehead atoms. The smallest absolute Gasteiger partial charge is 0.410 e. The molecule has 1 aromatic carbocycles. The Kier molecular flexibility index (Phi) is 6.67. The summed E-state index contributed by atoms with van der Waals surface area (Å²) in [5.74, 6) is 0. The summed E-state index contributed by atoms with van der Waals surface area (Å²) in [5.41, 5.74) is 5.10. The van der Waals surface area contributed by atoms with Crippen molar-refractivity contribution in [2.75, 3.05) is 57.4 Å². The fraction of sp³-hybridized carbons (Fsp3) is 0.481. The van der Waals surface area contributed by atoms with Gasteiger partial charge < -0.3 is 24.3 Å². The van der Waals surface area contributed by atoms with Gasteiger partial charge in [-0.1, -0.05) is 12.1 Å². The molecule has 1 N–H and O–H groups in total. The largest absolute Gasteiger partial charge is 0.444 e. The van der Waals surface area contributed by atoms with E-state index in [2.05, 4.69) is 45.1 Å². The van der Waals surface area contributed by atoms with Gasteiger partial charge in [0.25, 0.3) is 0 Å². The lowest BCUT2D eigenvalue weighted by atomic mass is 10.1. The van der Waals surface area contributed by atoms with Gasteiger partial charge in [0.1, 0.15) is 5.60 Å². The van der Waals surface area contributed by atoms with Crippen LogP contribution in [0.15, 0.2) is 42.6 Å². The van der Waals surface area contributed by atoms with E-state index in [1.807, 2.05) is 33.0 Å². The Labute approximate surface area is 206 Å². The molecule has 2 aliphatic rings. The predicted molar refractivity (Wildman–Crippen MR) is 138 cm³/mol. The number of rotatable bonds is 4. The van der Waals surface area contributed by atoms with Crippen LogP contribution < -0.4 is 4.90 Å². The van der Waals surface area contributed by atoms with E-state index in [1.165, 1.54) is 5.69 Å². The topological polar surface area (TPSA) is 73.9 Å². The van der Waals surface area contributed by atoms with Gasteiger partial charge in [-0.25, -0.2) is 4.79 Å². The lowest BCUT2D eigenvalue weighted by Crippen LogP contribution is -2.50. The fourth-order valence-electron chi connectivity index (χ4n) is 4.73. The summed E-state index contributed by atoms with van der Waals surface area (Å²) in [7, 11) is 0. The fourth-order valence-corrected chi connectivity index (χ4v) is 4.73. The summed E-state index contributed by atoms with van der Waals surface area (Å²) >= 11 is 0. The van der Waals surface area contributed by atoms with Gasteiger partial charge in [-0.15, -0.1) is 0 Å². The highest BCUT2D eigenvalue weighted by atomic mass is 16.6. The van der Waals surface area contributed by atoms with E-state index < -0.39 is 5.60 Å². The van der Waals surface area contributed by atoms with Gasteiger partial charge in [-0.05, 0) is 45.0 Å². The number of H-pyrrole nitrogens is 1. The standard InChI is InChI=1S/C27H35N5O3/c1-27(2,3)35-26(33)32-12-10-31(11-13-32)22-6-4-20(5-7-22)25-23-18-21(29-24(23)8-9-28-25)19-30-14-16-34-17-15-30/h4-9,18,29H,10-17,19H2,1-3H3. The predicted octanol–water partition coefficient (Wildman–Crippen LogP) is 4.12. The van der Waals surface area contributed by atoms with Gasteiger partial charge >= 0.3 is 6.09 Å². The Morgan fingerprint density at radius 2 is 1.74 bits per heavy atom. The van der Waals surface area contributed by atoms with Crippen LogP contribution in [0, 0.1) is 0 Å². The van der Waals surface area contributed by atoms with Gasteiger partial charge in [0.2, 0.25) is 0 Å². The van der Waals surface area contributed by atoms with Gasteiger partial charge in [0.05, 0.1) is 18.9 Å². The van der Waals surface area contributed by atoms with Crippen molar-refractivity contribution >= 4 is 22.7 Å². The third-order valence-corrected chi connectivity index (χ3v) is 6.54.